The molecule has 1 N–H and O–H groups in total. The maximum atomic E-state index is 12.7. The van der Waals surface area contributed by atoms with Gasteiger partial charge in [-0.05, 0) is 30.5 Å². The number of unbranched alkanes of at least 4 members (excludes halogenated alkanes) is 2. The van der Waals surface area contributed by atoms with E-state index >= 15 is 0 Å². The Morgan fingerprint density at radius 1 is 1.00 bits per heavy atom. The van der Waals surface area contributed by atoms with Gasteiger partial charge in [0, 0.05) is 0 Å². The molecule has 20 heavy (non-hydrogen) atoms. The fourth-order valence-corrected chi connectivity index (χ4v) is 3.38. The van der Waals surface area contributed by atoms with Crippen molar-refractivity contribution < 1.29 is 18.7 Å². The molecule has 0 bridgehead atoms. The molecule has 0 fully saturated rings. The van der Waals surface area contributed by atoms with Crippen molar-refractivity contribution in [1.29, 1.82) is 0 Å². The van der Waals surface area contributed by atoms with E-state index in [-0.39, 0.29) is 11.9 Å². The molecule has 0 saturated heterocycles. The quantitative estimate of drug-likeness (QED) is 0.502. The molecule has 114 valence electrons. The standard InChI is InChI=1S/C15H25O4P/c1-3-5-11-18-20(17,19-12-6-4-2)13-14-7-9-15(16)10-8-14/h7-10,16H,3-6,11-13H2,1-2H3. The molecule has 0 amide bonds. The van der Waals surface area contributed by atoms with Crippen molar-refractivity contribution >= 4 is 7.60 Å². The maximum Gasteiger partial charge on any atom is 0.335 e. The van der Waals surface area contributed by atoms with E-state index in [0.29, 0.717) is 13.2 Å². The number of hydrogen-bond donors (Lipinski definition) is 1. The molecule has 0 aliphatic rings. The van der Waals surface area contributed by atoms with Gasteiger partial charge in [0.15, 0.2) is 0 Å². The van der Waals surface area contributed by atoms with E-state index in [1.165, 1.54) is 0 Å². The average molecular weight is 300 g/mol. The zero-order valence-corrected chi connectivity index (χ0v) is 13.3. The Balaban J connectivity index is 2.64. The predicted octanol–water partition coefficient (Wildman–Crippen LogP) is 4.72. The highest BCUT2D eigenvalue weighted by atomic mass is 31.2. The van der Waals surface area contributed by atoms with Crippen molar-refractivity contribution in [2.75, 3.05) is 13.2 Å². The number of phenolic OH excluding ortho intramolecular Hbond substituents is 1. The van der Waals surface area contributed by atoms with Crippen molar-refractivity contribution in [1.82, 2.24) is 0 Å². The van der Waals surface area contributed by atoms with Gasteiger partial charge in [-0.1, -0.05) is 38.8 Å². The van der Waals surface area contributed by atoms with Crippen LogP contribution in [0.3, 0.4) is 0 Å². The third-order valence-electron chi connectivity index (χ3n) is 2.88. The summed E-state index contributed by atoms with van der Waals surface area (Å²) in [6.45, 7) is 5.04. The van der Waals surface area contributed by atoms with E-state index in [1.54, 1.807) is 24.3 Å². The minimum Gasteiger partial charge on any atom is -0.508 e. The Bertz CT molecular complexity index is 402. The molecule has 1 aromatic rings. The van der Waals surface area contributed by atoms with Crippen LogP contribution in [0.2, 0.25) is 0 Å². The maximum absolute atomic E-state index is 12.7. The molecule has 0 aliphatic heterocycles. The minimum atomic E-state index is -3.10. The van der Waals surface area contributed by atoms with Gasteiger partial charge in [-0.15, -0.1) is 0 Å². The molecule has 0 radical (unpaired) electrons. The lowest BCUT2D eigenvalue weighted by Gasteiger charge is -2.18. The zero-order chi connectivity index (χ0) is 14.8. The van der Waals surface area contributed by atoms with E-state index in [0.717, 1.165) is 31.2 Å². The second kappa shape index (κ2) is 9.17. The highest BCUT2D eigenvalue weighted by molar-refractivity contribution is 7.53. The lowest BCUT2D eigenvalue weighted by atomic mass is 10.2. The Labute approximate surface area is 121 Å². The van der Waals surface area contributed by atoms with Gasteiger partial charge in [0.2, 0.25) is 0 Å². The van der Waals surface area contributed by atoms with E-state index in [4.69, 9.17) is 9.05 Å². The lowest BCUT2D eigenvalue weighted by Crippen LogP contribution is -2.02. The van der Waals surface area contributed by atoms with Crippen LogP contribution in [0.4, 0.5) is 0 Å². The van der Waals surface area contributed by atoms with E-state index < -0.39 is 7.60 Å². The molecule has 0 spiro atoms. The summed E-state index contributed by atoms with van der Waals surface area (Å²) in [5, 5.41) is 9.27. The van der Waals surface area contributed by atoms with Gasteiger partial charge in [-0.2, -0.15) is 0 Å². The number of aromatic hydroxyl groups is 1. The van der Waals surface area contributed by atoms with Gasteiger partial charge < -0.3 is 14.2 Å². The topological polar surface area (TPSA) is 55.8 Å². The molecule has 5 heteroatoms. The summed E-state index contributed by atoms with van der Waals surface area (Å²) in [6, 6.07) is 6.65. The summed E-state index contributed by atoms with van der Waals surface area (Å²) in [5.74, 6) is 0.197. The Kier molecular flexibility index (Phi) is 7.90. The van der Waals surface area contributed by atoms with Gasteiger partial charge in [-0.3, -0.25) is 4.57 Å². The normalized spacial score (nSPS) is 11.7. The summed E-state index contributed by atoms with van der Waals surface area (Å²) in [6.07, 6.45) is 3.98. The van der Waals surface area contributed by atoms with Crippen LogP contribution < -0.4 is 0 Å². The number of benzene rings is 1. The van der Waals surface area contributed by atoms with Crippen LogP contribution in [0.5, 0.6) is 5.75 Å². The molecular weight excluding hydrogens is 275 g/mol. The minimum absolute atomic E-state index is 0.197. The van der Waals surface area contributed by atoms with E-state index in [1.807, 2.05) is 0 Å². The molecule has 0 aliphatic carbocycles. The van der Waals surface area contributed by atoms with Crippen LogP contribution in [-0.2, 0) is 19.8 Å². The molecular formula is C15H25O4P. The zero-order valence-electron chi connectivity index (χ0n) is 12.4. The number of phenols is 1. The van der Waals surface area contributed by atoms with E-state index in [2.05, 4.69) is 13.8 Å². The first-order valence-corrected chi connectivity index (χ1v) is 8.98. The fourth-order valence-electron chi connectivity index (χ4n) is 1.65. The van der Waals surface area contributed by atoms with E-state index in [9.17, 15) is 9.67 Å². The number of hydrogen-bond acceptors (Lipinski definition) is 4. The van der Waals surface area contributed by atoms with Gasteiger partial charge in [0.1, 0.15) is 5.75 Å². The highest BCUT2D eigenvalue weighted by Crippen LogP contribution is 2.51. The third kappa shape index (κ3) is 6.56. The summed E-state index contributed by atoms with van der Waals surface area (Å²) < 4.78 is 23.8. The monoisotopic (exact) mass is 300 g/mol. The number of rotatable bonds is 10. The first-order chi connectivity index (χ1) is 9.59. The molecule has 1 aromatic carbocycles. The fraction of sp³-hybridized carbons (Fsp3) is 0.600. The molecule has 1 rings (SSSR count). The molecule has 0 aromatic heterocycles. The average Bonchev–Trinajstić information content (AvgIpc) is 2.42. The first kappa shape index (κ1) is 17.2. The smallest absolute Gasteiger partial charge is 0.335 e. The third-order valence-corrected chi connectivity index (χ3v) is 4.79. The van der Waals surface area contributed by atoms with Gasteiger partial charge >= 0.3 is 7.60 Å². The largest absolute Gasteiger partial charge is 0.508 e. The predicted molar refractivity (Wildman–Crippen MR) is 81.1 cm³/mol. The second-order valence-electron chi connectivity index (χ2n) is 4.81. The van der Waals surface area contributed by atoms with Crippen molar-refractivity contribution in [2.24, 2.45) is 0 Å². The summed E-state index contributed by atoms with van der Waals surface area (Å²) in [7, 11) is -3.10. The van der Waals surface area contributed by atoms with Crippen LogP contribution in [0, 0.1) is 0 Å². The van der Waals surface area contributed by atoms with Crippen molar-refractivity contribution in [3.05, 3.63) is 29.8 Å². The molecule has 0 unspecified atom stereocenters. The van der Waals surface area contributed by atoms with Crippen LogP contribution in [0.15, 0.2) is 24.3 Å². The molecule has 0 atom stereocenters. The summed E-state index contributed by atoms with van der Waals surface area (Å²) in [5.41, 5.74) is 0.846. The Morgan fingerprint density at radius 2 is 1.50 bits per heavy atom. The SMILES string of the molecule is CCCCOP(=O)(Cc1ccc(O)cc1)OCCCC. The Morgan fingerprint density at radius 3 is 1.95 bits per heavy atom. The van der Waals surface area contributed by atoms with Crippen LogP contribution >= 0.6 is 7.60 Å². The Hall–Kier alpha value is -0.830. The van der Waals surface area contributed by atoms with Crippen molar-refractivity contribution in [3.63, 3.8) is 0 Å². The van der Waals surface area contributed by atoms with Crippen LogP contribution in [0.25, 0.3) is 0 Å². The summed E-state index contributed by atoms with van der Waals surface area (Å²) in [4.78, 5) is 0. The first-order valence-electron chi connectivity index (χ1n) is 7.25. The van der Waals surface area contributed by atoms with Gasteiger partial charge in [-0.25, -0.2) is 0 Å². The molecule has 0 heterocycles. The summed E-state index contributed by atoms with van der Waals surface area (Å²) >= 11 is 0. The van der Waals surface area contributed by atoms with Crippen LogP contribution in [-0.4, -0.2) is 18.3 Å². The van der Waals surface area contributed by atoms with Gasteiger partial charge in [0.05, 0.1) is 19.4 Å². The molecule has 0 saturated carbocycles. The highest BCUT2D eigenvalue weighted by Gasteiger charge is 2.24. The second-order valence-corrected chi connectivity index (χ2v) is 6.86. The van der Waals surface area contributed by atoms with Crippen molar-refractivity contribution in [3.8, 4) is 5.75 Å². The van der Waals surface area contributed by atoms with Crippen molar-refractivity contribution in [2.45, 2.75) is 45.7 Å². The van der Waals surface area contributed by atoms with Gasteiger partial charge in [0.25, 0.3) is 0 Å². The molecule has 4 nitrogen and oxygen atoms in total. The lowest BCUT2D eigenvalue weighted by molar-refractivity contribution is 0.199. The van der Waals surface area contributed by atoms with Crippen LogP contribution in [0.1, 0.15) is 45.1 Å².